The Morgan fingerprint density at radius 2 is 2.00 bits per heavy atom. The molecule has 1 N–H and O–H groups in total. The van der Waals surface area contributed by atoms with Gasteiger partial charge in [-0.05, 0) is 13.3 Å². The zero-order valence-electron chi connectivity index (χ0n) is 10.4. The average Bonchev–Trinajstić information content (AvgIpc) is 2.28. The van der Waals surface area contributed by atoms with Gasteiger partial charge < -0.3 is 9.84 Å². The summed E-state index contributed by atoms with van der Waals surface area (Å²) in [5.41, 5.74) is 0. The van der Waals surface area contributed by atoms with E-state index in [1.807, 2.05) is 0 Å². The highest BCUT2D eigenvalue weighted by Crippen LogP contribution is 2.05. The summed E-state index contributed by atoms with van der Waals surface area (Å²) in [5, 5.41) is 8.67. The molecule has 0 aromatic rings. The van der Waals surface area contributed by atoms with Crippen molar-refractivity contribution in [1.82, 2.24) is 4.31 Å². The number of hydrogen-bond acceptors (Lipinski definition) is 5. The number of sulfonamides is 1. The number of rotatable bonds is 9. The van der Waals surface area contributed by atoms with Gasteiger partial charge in [-0.3, -0.25) is 4.79 Å². The second-order valence-electron chi connectivity index (χ2n) is 3.44. The van der Waals surface area contributed by atoms with Crippen LogP contribution in [-0.2, 0) is 19.6 Å². The number of carbonyl (C=O) groups is 1. The maximum absolute atomic E-state index is 11.8. The highest BCUT2D eigenvalue weighted by atomic mass is 32.2. The first-order valence-corrected chi connectivity index (χ1v) is 7.33. The first kappa shape index (κ1) is 16.3. The minimum atomic E-state index is -3.44. The van der Waals surface area contributed by atoms with Crippen LogP contribution in [0.2, 0.25) is 0 Å². The number of carbonyl (C=O) groups excluding carboxylic acids is 1. The van der Waals surface area contributed by atoms with Gasteiger partial charge in [-0.2, -0.15) is 0 Å². The van der Waals surface area contributed by atoms with Crippen LogP contribution in [0.1, 0.15) is 26.7 Å². The summed E-state index contributed by atoms with van der Waals surface area (Å²) in [6.45, 7) is 4.21. The quantitative estimate of drug-likeness (QED) is 0.593. The topological polar surface area (TPSA) is 83.9 Å². The Hall–Kier alpha value is -0.660. The normalized spacial score (nSPS) is 11.8. The van der Waals surface area contributed by atoms with E-state index in [1.165, 1.54) is 4.31 Å². The Bertz CT molecular complexity index is 315. The first-order valence-electron chi connectivity index (χ1n) is 5.72. The van der Waals surface area contributed by atoms with Crippen molar-refractivity contribution >= 4 is 16.0 Å². The Morgan fingerprint density at radius 3 is 2.47 bits per heavy atom. The number of hydrogen-bond donors (Lipinski definition) is 1. The molecule has 102 valence electrons. The lowest BCUT2D eigenvalue weighted by Crippen LogP contribution is -2.34. The summed E-state index contributed by atoms with van der Waals surface area (Å²) < 4.78 is 29.6. The molecule has 0 bridgehead atoms. The van der Waals surface area contributed by atoms with Crippen LogP contribution in [0.3, 0.4) is 0 Å². The third-order valence-electron chi connectivity index (χ3n) is 2.18. The summed E-state index contributed by atoms with van der Waals surface area (Å²) in [7, 11) is -3.44. The summed E-state index contributed by atoms with van der Waals surface area (Å²) in [6.07, 6.45) is 0.262. The Kier molecular flexibility index (Phi) is 8.11. The fraction of sp³-hybridized carbons (Fsp3) is 0.900. The summed E-state index contributed by atoms with van der Waals surface area (Å²) in [5.74, 6) is -0.750. The van der Waals surface area contributed by atoms with Gasteiger partial charge in [-0.25, -0.2) is 12.7 Å². The monoisotopic (exact) mass is 267 g/mol. The van der Waals surface area contributed by atoms with Gasteiger partial charge >= 0.3 is 5.97 Å². The molecule has 7 heteroatoms. The molecule has 0 aromatic heterocycles. The summed E-state index contributed by atoms with van der Waals surface area (Å²) in [4.78, 5) is 11.1. The van der Waals surface area contributed by atoms with Crippen LogP contribution in [0.25, 0.3) is 0 Å². The van der Waals surface area contributed by atoms with Crippen molar-refractivity contribution in [2.24, 2.45) is 0 Å². The van der Waals surface area contributed by atoms with E-state index in [0.29, 0.717) is 13.0 Å². The fourth-order valence-corrected chi connectivity index (χ4v) is 2.80. The van der Waals surface area contributed by atoms with Crippen molar-refractivity contribution in [3.8, 4) is 0 Å². The fourth-order valence-electron chi connectivity index (χ4n) is 1.32. The molecule has 0 saturated heterocycles. The van der Waals surface area contributed by atoms with Gasteiger partial charge in [0.2, 0.25) is 10.0 Å². The Morgan fingerprint density at radius 1 is 1.35 bits per heavy atom. The molecule has 0 unspecified atom stereocenters. The maximum atomic E-state index is 11.8. The minimum absolute atomic E-state index is 0.0517. The molecule has 0 fully saturated rings. The van der Waals surface area contributed by atoms with Crippen LogP contribution < -0.4 is 0 Å². The van der Waals surface area contributed by atoms with Crippen LogP contribution >= 0.6 is 0 Å². The predicted octanol–water partition coefficient (Wildman–Crippen LogP) is -0.0263. The van der Waals surface area contributed by atoms with Crippen molar-refractivity contribution in [1.29, 1.82) is 0 Å². The molecule has 0 aliphatic carbocycles. The van der Waals surface area contributed by atoms with E-state index in [2.05, 4.69) is 4.74 Å². The molecular weight excluding hydrogens is 246 g/mol. The maximum Gasteiger partial charge on any atom is 0.306 e. The van der Waals surface area contributed by atoms with E-state index in [0.717, 1.165) is 0 Å². The van der Waals surface area contributed by atoms with E-state index < -0.39 is 16.0 Å². The molecule has 0 amide bonds. The zero-order chi connectivity index (χ0) is 13.3. The van der Waals surface area contributed by atoms with Gasteiger partial charge in [-0.15, -0.1) is 0 Å². The zero-order valence-corrected chi connectivity index (χ0v) is 11.2. The number of aliphatic hydroxyl groups excluding tert-OH is 1. The van der Waals surface area contributed by atoms with E-state index >= 15 is 0 Å². The number of esters is 1. The standard InChI is InChI=1S/C10H21NO5S/c1-3-11(7-5-8-12)17(14,15)9-6-10(13)16-4-2/h12H,3-9H2,1-2H3. The molecule has 17 heavy (non-hydrogen) atoms. The van der Waals surface area contributed by atoms with Gasteiger partial charge in [0.05, 0.1) is 18.8 Å². The SMILES string of the molecule is CCOC(=O)CCS(=O)(=O)N(CC)CCCO. The van der Waals surface area contributed by atoms with Crippen molar-refractivity contribution in [3.05, 3.63) is 0 Å². The van der Waals surface area contributed by atoms with E-state index in [1.54, 1.807) is 13.8 Å². The third kappa shape index (κ3) is 6.60. The molecule has 6 nitrogen and oxygen atoms in total. The van der Waals surface area contributed by atoms with E-state index in [9.17, 15) is 13.2 Å². The van der Waals surface area contributed by atoms with Crippen LogP contribution in [0.5, 0.6) is 0 Å². The van der Waals surface area contributed by atoms with Gasteiger partial charge in [0, 0.05) is 19.7 Å². The van der Waals surface area contributed by atoms with Crippen molar-refractivity contribution in [2.45, 2.75) is 26.7 Å². The van der Waals surface area contributed by atoms with Gasteiger partial charge in [-0.1, -0.05) is 6.92 Å². The lowest BCUT2D eigenvalue weighted by atomic mass is 10.4. The molecule has 0 rings (SSSR count). The van der Waals surface area contributed by atoms with Gasteiger partial charge in [0.25, 0.3) is 0 Å². The van der Waals surface area contributed by atoms with Crippen LogP contribution in [-0.4, -0.2) is 55.9 Å². The van der Waals surface area contributed by atoms with Crippen LogP contribution in [0.4, 0.5) is 0 Å². The molecule has 0 heterocycles. The van der Waals surface area contributed by atoms with Gasteiger partial charge in [0.15, 0.2) is 0 Å². The second-order valence-corrected chi connectivity index (χ2v) is 5.53. The first-order chi connectivity index (χ1) is 7.97. The summed E-state index contributed by atoms with van der Waals surface area (Å²) >= 11 is 0. The highest BCUT2D eigenvalue weighted by Gasteiger charge is 2.21. The lowest BCUT2D eigenvalue weighted by Gasteiger charge is -2.19. The Balaban J connectivity index is 4.28. The van der Waals surface area contributed by atoms with E-state index in [-0.39, 0.29) is 31.9 Å². The number of ether oxygens (including phenoxy) is 1. The van der Waals surface area contributed by atoms with E-state index in [4.69, 9.17) is 5.11 Å². The molecule has 0 atom stereocenters. The lowest BCUT2D eigenvalue weighted by molar-refractivity contribution is -0.142. The molecule has 0 saturated carbocycles. The summed E-state index contributed by atoms with van der Waals surface area (Å²) in [6, 6.07) is 0. The largest absolute Gasteiger partial charge is 0.466 e. The second kappa shape index (κ2) is 8.43. The highest BCUT2D eigenvalue weighted by molar-refractivity contribution is 7.89. The minimum Gasteiger partial charge on any atom is -0.466 e. The molecule has 0 radical (unpaired) electrons. The Labute approximate surface area is 103 Å². The van der Waals surface area contributed by atoms with Crippen LogP contribution in [0, 0.1) is 0 Å². The van der Waals surface area contributed by atoms with Gasteiger partial charge in [0.1, 0.15) is 0 Å². The molecule has 0 aromatic carbocycles. The predicted molar refractivity (Wildman–Crippen MR) is 64.0 cm³/mol. The smallest absolute Gasteiger partial charge is 0.306 e. The number of nitrogens with zero attached hydrogens (tertiary/aromatic N) is 1. The molecule has 0 aliphatic heterocycles. The third-order valence-corrected chi connectivity index (χ3v) is 4.13. The number of aliphatic hydroxyl groups is 1. The average molecular weight is 267 g/mol. The molecule has 0 aliphatic rings. The molecular formula is C10H21NO5S. The van der Waals surface area contributed by atoms with Crippen molar-refractivity contribution in [3.63, 3.8) is 0 Å². The van der Waals surface area contributed by atoms with Crippen molar-refractivity contribution < 1.29 is 23.1 Å². The van der Waals surface area contributed by atoms with Crippen LogP contribution in [0.15, 0.2) is 0 Å². The van der Waals surface area contributed by atoms with Crippen molar-refractivity contribution in [2.75, 3.05) is 32.1 Å². The molecule has 0 spiro atoms.